The van der Waals surface area contributed by atoms with Crippen molar-refractivity contribution in [2.24, 2.45) is 0 Å². The van der Waals surface area contributed by atoms with Crippen LogP contribution >= 0.6 is 0 Å². The monoisotopic (exact) mass is 601 g/mol. The van der Waals surface area contributed by atoms with Crippen LogP contribution in [0.25, 0.3) is 76.5 Å². The van der Waals surface area contributed by atoms with Crippen LogP contribution in [0.2, 0.25) is 0 Å². The fourth-order valence-electron chi connectivity index (χ4n) is 7.23. The highest BCUT2D eigenvalue weighted by molar-refractivity contribution is 6.20. The Balaban J connectivity index is 1.27. The van der Waals surface area contributed by atoms with Gasteiger partial charge >= 0.3 is 0 Å². The zero-order valence-electron chi connectivity index (χ0n) is 25.4. The highest BCUT2D eigenvalue weighted by Crippen LogP contribution is 2.45. The van der Waals surface area contributed by atoms with Gasteiger partial charge < -0.3 is 13.7 Å². The molecule has 0 amide bonds. The van der Waals surface area contributed by atoms with Gasteiger partial charge in [-0.05, 0) is 81.9 Å². The predicted octanol–water partition coefficient (Wildman–Crippen LogP) is 12.9. The minimum Gasteiger partial charge on any atom is -0.456 e. The van der Waals surface area contributed by atoms with Crippen LogP contribution in [0.5, 0.6) is 0 Å². The van der Waals surface area contributed by atoms with Crippen molar-refractivity contribution in [2.45, 2.75) is 0 Å². The molecule has 220 valence electrons. The van der Waals surface area contributed by atoms with E-state index in [1.54, 1.807) is 0 Å². The SMILES string of the molecule is c1ccc(-c2cccc(N(c3ccc4c(c3)oc3ccccc34)c3cc4cc5oc6ccccc6c5cc4c4ccccc34)c2)cc1. The normalized spacial score (nSPS) is 11.8. The Labute approximate surface area is 270 Å². The molecule has 8 aromatic carbocycles. The van der Waals surface area contributed by atoms with E-state index in [2.05, 4.69) is 144 Å². The summed E-state index contributed by atoms with van der Waals surface area (Å²) in [5.74, 6) is 0. The first-order valence-corrected chi connectivity index (χ1v) is 15.9. The second-order valence-corrected chi connectivity index (χ2v) is 12.1. The van der Waals surface area contributed by atoms with Crippen LogP contribution < -0.4 is 4.90 Å². The summed E-state index contributed by atoms with van der Waals surface area (Å²) in [5, 5.41) is 9.19. The minimum absolute atomic E-state index is 0.863. The molecular formula is C44H27NO2. The fourth-order valence-corrected chi connectivity index (χ4v) is 7.23. The molecule has 2 heterocycles. The Morgan fingerprint density at radius 1 is 0.319 bits per heavy atom. The van der Waals surface area contributed by atoms with Gasteiger partial charge in [0.15, 0.2) is 0 Å². The number of nitrogens with zero attached hydrogens (tertiary/aromatic N) is 1. The average Bonchev–Trinajstić information content (AvgIpc) is 3.69. The van der Waals surface area contributed by atoms with Crippen LogP contribution in [0.4, 0.5) is 17.1 Å². The van der Waals surface area contributed by atoms with Crippen molar-refractivity contribution in [3.63, 3.8) is 0 Å². The summed E-state index contributed by atoms with van der Waals surface area (Å²) in [4.78, 5) is 2.36. The maximum Gasteiger partial charge on any atom is 0.137 e. The Morgan fingerprint density at radius 2 is 0.915 bits per heavy atom. The quantitative estimate of drug-likeness (QED) is 0.188. The molecule has 0 saturated heterocycles. The van der Waals surface area contributed by atoms with Gasteiger partial charge in [-0.15, -0.1) is 0 Å². The van der Waals surface area contributed by atoms with E-state index >= 15 is 0 Å². The van der Waals surface area contributed by atoms with Crippen LogP contribution in [0, 0.1) is 0 Å². The van der Waals surface area contributed by atoms with Crippen molar-refractivity contribution in [3.05, 3.63) is 164 Å². The zero-order valence-corrected chi connectivity index (χ0v) is 25.4. The minimum atomic E-state index is 0.863. The van der Waals surface area contributed by atoms with Gasteiger partial charge in [0.05, 0.1) is 5.69 Å². The van der Waals surface area contributed by atoms with Gasteiger partial charge in [-0.1, -0.05) is 103 Å². The number of rotatable bonds is 4. The van der Waals surface area contributed by atoms with Gasteiger partial charge in [-0.3, -0.25) is 0 Å². The molecule has 0 aliphatic carbocycles. The van der Waals surface area contributed by atoms with Crippen LogP contribution in [0.3, 0.4) is 0 Å². The van der Waals surface area contributed by atoms with Crippen molar-refractivity contribution in [1.29, 1.82) is 0 Å². The average molecular weight is 602 g/mol. The number of hydrogen-bond acceptors (Lipinski definition) is 3. The Hall–Kier alpha value is -6.32. The standard InChI is InChI=1S/C44H27NO2/c1-2-11-28(12-3-1)29-13-10-14-31(23-29)45(32-21-22-37-35-17-6-8-19-41(35)47-44(37)26-32)40-24-30-25-43-39(36-18-7-9-20-42(36)46-43)27-38(30)33-15-4-5-16-34(33)40/h1-27H. The van der Waals surface area contributed by atoms with Gasteiger partial charge in [-0.2, -0.15) is 0 Å². The third kappa shape index (κ3) is 4.07. The number of anilines is 3. The molecule has 0 radical (unpaired) electrons. The van der Waals surface area contributed by atoms with Crippen LogP contribution in [-0.2, 0) is 0 Å². The van der Waals surface area contributed by atoms with Crippen molar-refractivity contribution in [1.82, 2.24) is 0 Å². The molecule has 0 saturated carbocycles. The molecule has 3 nitrogen and oxygen atoms in total. The van der Waals surface area contributed by atoms with Crippen LogP contribution in [0.1, 0.15) is 0 Å². The van der Waals surface area contributed by atoms with E-state index in [0.717, 1.165) is 71.9 Å². The Morgan fingerprint density at radius 3 is 1.70 bits per heavy atom. The molecule has 0 aliphatic heterocycles. The van der Waals surface area contributed by atoms with Gasteiger partial charge in [0.1, 0.15) is 22.3 Å². The third-order valence-corrected chi connectivity index (χ3v) is 9.41. The molecule has 0 N–H and O–H groups in total. The van der Waals surface area contributed by atoms with Crippen molar-refractivity contribution >= 4 is 82.5 Å². The number of para-hydroxylation sites is 2. The predicted molar refractivity (Wildman–Crippen MR) is 196 cm³/mol. The molecule has 10 rings (SSSR count). The van der Waals surface area contributed by atoms with E-state index in [0.29, 0.717) is 0 Å². The van der Waals surface area contributed by atoms with Gasteiger partial charge in [0, 0.05) is 44.4 Å². The zero-order chi connectivity index (χ0) is 30.9. The summed E-state index contributed by atoms with van der Waals surface area (Å²) in [7, 11) is 0. The van der Waals surface area contributed by atoms with Gasteiger partial charge in [0.2, 0.25) is 0 Å². The lowest BCUT2D eigenvalue weighted by Gasteiger charge is -2.28. The van der Waals surface area contributed by atoms with Crippen molar-refractivity contribution in [3.8, 4) is 11.1 Å². The number of furan rings is 2. The topological polar surface area (TPSA) is 29.5 Å². The van der Waals surface area contributed by atoms with Crippen LogP contribution in [-0.4, -0.2) is 0 Å². The summed E-state index contributed by atoms with van der Waals surface area (Å²) in [6.45, 7) is 0. The van der Waals surface area contributed by atoms with E-state index in [9.17, 15) is 0 Å². The third-order valence-electron chi connectivity index (χ3n) is 9.41. The molecule has 0 unspecified atom stereocenters. The number of hydrogen-bond donors (Lipinski definition) is 0. The Bertz CT molecular complexity index is 2810. The molecule has 0 aliphatic rings. The van der Waals surface area contributed by atoms with E-state index < -0.39 is 0 Å². The van der Waals surface area contributed by atoms with E-state index in [4.69, 9.17) is 8.83 Å². The van der Waals surface area contributed by atoms with Crippen LogP contribution in [0.15, 0.2) is 173 Å². The molecule has 47 heavy (non-hydrogen) atoms. The lowest BCUT2D eigenvalue weighted by molar-refractivity contribution is 0.669. The summed E-state index contributed by atoms with van der Waals surface area (Å²) in [6, 6.07) is 58.0. The molecule has 0 spiro atoms. The smallest absolute Gasteiger partial charge is 0.137 e. The summed E-state index contributed by atoms with van der Waals surface area (Å²) in [5.41, 5.74) is 9.06. The lowest BCUT2D eigenvalue weighted by atomic mass is 9.97. The summed E-state index contributed by atoms with van der Waals surface area (Å²) in [6.07, 6.45) is 0. The van der Waals surface area contributed by atoms with E-state index in [1.807, 2.05) is 24.3 Å². The molecular weight excluding hydrogens is 574 g/mol. The molecule has 3 heteroatoms. The Kier molecular flexibility index (Phi) is 5.57. The maximum absolute atomic E-state index is 6.40. The molecule has 2 aromatic heterocycles. The first kappa shape index (κ1) is 26.0. The fraction of sp³-hybridized carbons (Fsp3) is 0. The molecule has 0 atom stereocenters. The second kappa shape index (κ2) is 10.1. The van der Waals surface area contributed by atoms with E-state index in [1.165, 1.54) is 21.7 Å². The van der Waals surface area contributed by atoms with Gasteiger partial charge in [-0.25, -0.2) is 0 Å². The number of fused-ring (bicyclic) bond motifs is 9. The van der Waals surface area contributed by atoms with Gasteiger partial charge in [0.25, 0.3) is 0 Å². The molecule has 0 bridgehead atoms. The highest BCUT2D eigenvalue weighted by Gasteiger charge is 2.20. The summed E-state index contributed by atoms with van der Waals surface area (Å²) >= 11 is 0. The number of benzene rings is 8. The van der Waals surface area contributed by atoms with E-state index in [-0.39, 0.29) is 0 Å². The maximum atomic E-state index is 6.40. The molecule has 0 fully saturated rings. The lowest BCUT2D eigenvalue weighted by Crippen LogP contribution is -2.10. The summed E-state index contributed by atoms with van der Waals surface area (Å²) < 4.78 is 12.8. The second-order valence-electron chi connectivity index (χ2n) is 12.1. The highest BCUT2D eigenvalue weighted by atomic mass is 16.3. The first-order chi connectivity index (χ1) is 23.3. The van der Waals surface area contributed by atoms with Crippen molar-refractivity contribution < 1.29 is 8.83 Å². The first-order valence-electron chi connectivity index (χ1n) is 15.9. The largest absolute Gasteiger partial charge is 0.456 e. The van der Waals surface area contributed by atoms with Crippen molar-refractivity contribution in [2.75, 3.05) is 4.90 Å². The molecule has 10 aromatic rings.